The average molecular weight is 258 g/mol. The van der Waals surface area contributed by atoms with Gasteiger partial charge in [-0.1, -0.05) is 11.6 Å². The van der Waals surface area contributed by atoms with Crippen LogP contribution >= 0.6 is 11.6 Å². The van der Waals surface area contributed by atoms with E-state index in [4.69, 9.17) is 11.6 Å². The highest BCUT2D eigenvalue weighted by Crippen LogP contribution is 2.22. The molecule has 0 spiro atoms. The number of esters is 1. The molecule has 0 heterocycles. The molecule has 0 atom stereocenters. The summed E-state index contributed by atoms with van der Waals surface area (Å²) < 4.78 is 4.44. The summed E-state index contributed by atoms with van der Waals surface area (Å²) in [5.74, 6) is -1.24. The monoisotopic (exact) mass is 257 g/mol. The molecule has 1 amide bonds. The van der Waals surface area contributed by atoms with Crippen molar-refractivity contribution in [3.05, 3.63) is 28.8 Å². The van der Waals surface area contributed by atoms with E-state index in [1.54, 1.807) is 0 Å². The van der Waals surface area contributed by atoms with Crippen molar-refractivity contribution in [3.63, 3.8) is 0 Å². The number of amides is 1. The SMILES string of the molecule is COC(=O)CN(C)C(=O)c1ccc(Cl)cc1O. The zero-order valence-electron chi connectivity index (χ0n) is 9.44. The molecule has 1 aromatic carbocycles. The predicted molar refractivity (Wildman–Crippen MR) is 62.1 cm³/mol. The predicted octanol–water partition coefficient (Wildman–Crippen LogP) is 1.29. The van der Waals surface area contributed by atoms with Crippen molar-refractivity contribution in [3.8, 4) is 5.75 Å². The number of methoxy groups -OCH3 is 1. The molecular weight excluding hydrogens is 246 g/mol. The van der Waals surface area contributed by atoms with Crippen molar-refractivity contribution < 1.29 is 19.4 Å². The van der Waals surface area contributed by atoms with Gasteiger partial charge in [0.2, 0.25) is 0 Å². The number of phenols is 1. The van der Waals surface area contributed by atoms with Gasteiger partial charge in [-0.05, 0) is 18.2 Å². The lowest BCUT2D eigenvalue weighted by molar-refractivity contribution is -0.141. The summed E-state index contributed by atoms with van der Waals surface area (Å²) in [6, 6.07) is 4.15. The van der Waals surface area contributed by atoms with Gasteiger partial charge in [-0.15, -0.1) is 0 Å². The number of rotatable bonds is 3. The lowest BCUT2D eigenvalue weighted by Crippen LogP contribution is -2.32. The van der Waals surface area contributed by atoms with E-state index in [1.165, 1.54) is 32.4 Å². The number of likely N-dealkylation sites (N-methyl/N-ethyl adjacent to an activating group) is 1. The fraction of sp³-hybridized carbons (Fsp3) is 0.273. The summed E-state index contributed by atoms with van der Waals surface area (Å²) in [7, 11) is 2.67. The smallest absolute Gasteiger partial charge is 0.325 e. The first kappa shape index (κ1) is 13.3. The number of nitrogens with zero attached hydrogens (tertiary/aromatic N) is 1. The molecule has 0 aliphatic heterocycles. The molecule has 0 aromatic heterocycles. The second-order valence-electron chi connectivity index (χ2n) is 3.40. The van der Waals surface area contributed by atoms with Gasteiger partial charge in [-0.25, -0.2) is 0 Å². The maximum absolute atomic E-state index is 11.8. The van der Waals surface area contributed by atoms with Gasteiger partial charge in [0.15, 0.2) is 0 Å². The minimum Gasteiger partial charge on any atom is -0.507 e. The molecule has 5 nitrogen and oxygen atoms in total. The maximum atomic E-state index is 11.8. The van der Waals surface area contributed by atoms with Crippen LogP contribution in [0.1, 0.15) is 10.4 Å². The van der Waals surface area contributed by atoms with Crippen LogP contribution in [0.5, 0.6) is 5.75 Å². The third-order valence-electron chi connectivity index (χ3n) is 2.13. The molecular formula is C11H12ClNO4. The fourth-order valence-corrected chi connectivity index (χ4v) is 1.39. The van der Waals surface area contributed by atoms with Crippen LogP contribution in [-0.2, 0) is 9.53 Å². The van der Waals surface area contributed by atoms with Crippen LogP contribution in [0.25, 0.3) is 0 Å². The Balaban J connectivity index is 2.85. The molecule has 1 rings (SSSR count). The van der Waals surface area contributed by atoms with E-state index in [0.717, 1.165) is 4.90 Å². The summed E-state index contributed by atoms with van der Waals surface area (Å²) in [6.45, 7) is -0.183. The second kappa shape index (κ2) is 5.54. The van der Waals surface area contributed by atoms with Gasteiger partial charge in [0.05, 0.1) is 12.7 Å². The molecule has 0 aliphatic rings. The standard InChI is InChI=1S/C11H12ClNO4/c1-13(6-10(15)17-2)11(16)8-4-3-7(12)5-9(8)14/h3-5,14H,6H2,1-2H3. The van der Waals surface area contributed by atoms with Gasteiger partial charge in [-0.2, -0.15) is 0 Å². The van der Waals surface area contributed by atoms with Gasteiger partial charge in [-0.3, -0.25) is 9.59 Å². The van der Waals surface area contributed by atoms with Crippen molar-refractivity contribution in [2.45, 2.75) is 0 Å². The van der Waals surface area contributed by atoms with Crippen molar-refractivity contribution in [1.82, 2.24) is 4.90 Å². The molecule has 1 aromatic rings. The van der Waals surface area contributed by atoms with Gasteiger partial charge in [0.25, 0.3) is 5.91 Å². The highest BCUT2D eigenvalue weighted by atomic mass is 35.5. The molecule has 0 fully saturated rings. The first-order chi connectivity index (χ1) is 7.95. The summed E-state index contributed by atoms with van der Waals surface area (Å²) in [6.07, 6.45) is 0. The zero-order valence-corrected chi connectivity index (χ0v) is 10.2. The van der Waals surface area contributed by atoms with Crippen LogP contribution in [0.4, 0.5) is 0 Å². The largest absolute Gasteiger partial charge is 0.507 e. The Morgan fingerprint density at radius 1 is 1.47 bits per heavy atom. The molecule has 17 heavy (non-hydrogen) atoms. The van der Waals surface area contributed by atoms with E-state index in [9.17, 15) is 14.7 Å². The topological polar surface area (TPSA) is 66.8 Å². The summed E-state index contributed by atoms with van der Waals surface area (Å²) >= 11 is 5.65. The zero-order chi connectivity index (χ0) is 13.0. The molecule has 0 radical (unpaired) electrons. The van der Waals surface area contributed by atoms with Gasteiger partial charge < -0.3 is 14.7 Å². The number of ether oxygens (including phenoxy) is 1. The Labute approximate surface area is 104 Å². The van der Waals surface area contributed by atoms with Crippen molar-refractivity contribution in [2.75, 3.05) is 20.7 Å². The average Bonchev–Trinajstić information content (AvgIpc) is 2.28. The number of carbonyl (C=O) groups excluding carboxylic acids is 2. The normalized spacial score (nSPS) is 9.82. The van der Waals surface area contributed by atoms with Crippen LogP contribution in [0.3, 0.4) is 0 Å². The van der Waals surface area contributed by atoms with Crippen molar-refractivity contribution in [2.24, 2.45) is 0 Å². The number of halogens is 1. The van der Waals surface area contributed by atoms with E-state index in [-0.39, 0.29) is 17.9 Å². The number of carbonyl (C=O) groups is 2. The molecule has 1 N–H and O–H groups in total. The Morgan fingerprint density at radius 2 is 2.12 bits per heavy atom. The highest BCUT2D eigenvalue weighted by Gasteiger charge is 2.18. The van der Waals surface area contributed by atoms with Crippen LogP contribution in [0.15, 0.2) is 18.2 Å². The Bertz CT molecular complexity index is 447. The lowest BCUT2D eigenvalue weighted by Gasteiger charge is -2.16. The summed E-state index contributed by atoms with van der Waals surface area (Å²) in [5.41, 5.74) is 0.0841. The van der Waals surface area contributed by atoms with Crippen LogP contribution in [0, 0.1) is 0 Å². The molecule has 0 unspecified atom stereocenters. The minimum absolute atomic E-state index is 0.0841. The molecule has 0 saturated heterocycles. The molecule has 0 saturated carbocycles. The quantitative estimate of drug-likeness (QED) is 0.829. The lowest BCUT2D eigenvalue weighted by atomic mass is 10.2. The van der Waals surface area contributed by atoms with Crippen LogP contribution < -0.4 is 0 Å². The van der Waals surface area contributed by atoms with E-state index in [1.807, 2.05) is 0 Å². The minimum atomic E-state index is -0.533. The number of hydrogen-bond acceptors (Lipinski definition) is 4. The highest BCUT2D eigenvalue weighted by molar-refractivity contribution is 6.30. The number of phenolic OH excluding ortho intramolecular Hbond substituents is 1. The fourth-order valence-electron chi connectivity index (χ4n) is 1.22. The summed E-state index contributed by atoms with van der Waals surface area (Å²) in [5, 5.41) is 9.88. The second-order valence-corrected chi connectivity index (χ2v) is 3.84. The van der Waals surface area contributed by atoms with Crippen LogP contribution in [0.2, 0.25) is 5.02 Å². The van der Waals surface area contributed by atoms with Crippen molar-refractivity contribution >= 4 is 23.5 Å². The maximum Gasteiger partial charge on any atom is 0.325 e. The molecule has 92 valence electrons. The first-order valence-corrected chi connectivity index (χ1v) is 5.14. The third kappa shape index (κ3) is 3.35. The summed E-state index contributed by atoms with van der Waals surface area (Å²) in [4.78, 5) is 24.0. The molecule has 0 bridgehead atoms. The third-order valence-corrected chi connectivity index (χ3v) is 2.37. The van der Waals surface area contributed by atoms with Gasteiger partial charge in [0.1, 0.15) is 12.3 Å². The molecule has 0 aliphatic carbocycles. The molecule has 6 heteroatoms. The Morgan fingerprint density at radius 3 is 2.65 bits per heavy atom. The van der Waals surface area contributed by atoms with Gasteiger partial charge in [0, 0.05) is 12.1 Å². The first-order valence-electron chi connectivity index (χ1n) is 4.76. The van der Waals surface area contributed by atoms with Crippen LogP contribution in [-0.4, -0.2) is 42.6 Å². The van der Waals surface area contributed by atoms with Crippen molar-refractivity contribution in [1.29, 1.82) is 0 Å². The number of benzene rings is 1. The van der Waals surface area contributed by atoms with E-state index in [2.05, 4.69) is 4.74 Å². The van der Waals surface area contributed by atoms with E-state index in [0.29, 0.717) is 5.02 Å². The number of hydrogen-bond donors (Lipinski definition) is 1. The Kier molecular flexibility index (Phi) is 4.34. The van der Waals surface area contributed by atoms with E-state index >= 15 is 0 Å². The Hall–Kier alpha value is -1.75. The van der Waals surface area contributed by atoms with E-state index < -0.39 is 11.9 Å². The number of aromatic hydroxyl groups is 1. The van der Waals surface area contributed by atoms with Gasteiger partial charge >= 0.3 is 5.97 Å².